The van der Waals surface area contributed by atoms with E-state index >= 15 is 0 Å². The second-order valence-electron chi connectivity index (χ2n) is 5.17. The van der Waals surface area contributed by atoms with Crippen LogP contribution in [0.3, 0.4) is 0 Å². The predicted molar refractivity (Wildman–Crippen MR) is 65.1 cm³/mol. The number of ether oxygens (including phenoxy) is 1. The van der Waals surface area contributed by atoms with Gasteiger partial charge in [-0.1, -0.05) is 19.8 Å². The summed E-state index contributed by atoms with van der Waals surface area (Å²) >= 11 is 0. The Hall–Kier alpha value is -0.0800. The average molecular weight is 213 g/mol. The maximum atomic E-state index is 5.20. The molecule has 0 amide bonds. The summed E-state index contributed by atoms with van der Waals surface area (Å²) in [6.07, 6.45) is 7.99. The summed E-state index contributed by atoms with van der Waals surface area (Å²) in [7, 11) is 1.81. The summed E-state index contributed by atoms with van der Waals surface area (Å²) in [5.41, 5.74) is 0.567. The summed E-state index contributed by atoms with van der Waals surface area (Å²) in [5.74, 6) is 0. The average Bonchev–Trinajstić information content (AvgIpc) is 2.16. The van der Waals surface area contributed by atoms with Crippen molar-refractivity contribution in [3.8, 4) is 0 Å². The summed E-state index contributed by atoms with van der Waals surface area (Å²) in [6.45, 7) is 6.66. The monoisotopic (exact) mass is 213 g/mol. The minimum absolute atomic E-state index is 0.567. The van der Waals surface area contributed by atoms with Gasteiger partial charge in [-0.2, -0.15) is 0 Å². The molecule has 0 saturated heterocycles. The summed E-state index contributed by atoms with van der Waals surface area (Å²) < 4.78 is 5.20. The molecule has 2 nitrogen and oxygen atoms in total. The van der Waals surface area contributed by atoms with Gasteiger partial charge in [-0.25, -0.2) is 0 Å². The zero-order valence-corrected chi connectivity index (χ0v) is 10.6. The molecule has 1 saturated carbocycles. The Morgan fingerprint density at radius 1 is 1.40 bits per heavy atom. The minimum Gasteiger partial charge on any atom is -0.385 e. The lowest BCUT2D eigenvalue weighted by Crippen LogP contribution is -2.43. The van der Waals surface area contributed by atoms with Crippen LogP contribution in [0.2, 0.25) is 0 Å². The number of hydrogen-bond donors (Lipinski definition) is 1. The predicted octanol–water partition coefficient (Wildman–Crippen LogP) is 2.97. The Kier molecular flexibility index (Phi) is 5.62. The van der Waals surface area contributed by atoms with Gasteiger partial charge < -0.3 is 10.1 Å². The van der Waals surface area contributed by atoms with Crippen LogP contribution in [-0.4, -0.2) is 26.3 Å². The first kappa shape index (κ1) is 13.0. The van der Waals surface area contributed by atoms with Gasteiger partial charge in [-0.05, 0) is 38.0 Å². The van der Waals surface area contributed by atoms with E-state index in [1.807, 2.05) is 0 Å². The smallest absolute Gasteiger partial charge is 0.0468 e. The van der Waals surface area contributed by atoms with Crippen molar-refractivity contribution < 1.29 is 4.74 Å². The molecule has 90 valence electrons. The second kappa shape index (κ2) is 6.49. The van der Waals surface area contributed by atoms with Gasteiger partial charge in [-0.15, -0.1) is 0 Å². The Bertz CT molecular complexity index is 166. The lowest BCUT2D eigenvalue weighted by Gasteiger charge is -2.43. The van der Waals surface area contributed by atoms with E-state index in [-0.39, 0.29) is 0 Å². The molecule has 1 fully saturated rings. The maximum Gasteiger partial charge on any atom is 0.0468 e. The van der Waals surface area contributed by atoms with E-state index in [0.717, 1.165) is 6.61 Å². The zero-order valence-electron chi connectivity index (χ0n) is 10.6. The van der Waals surface area contributed by atoms with Crippen molar-refractivity contribution in [2.75, 3.05) is 20.3 Å². The topological polar surface area (TPSA) is 21.3 Å². The van der Waals surface area contributed by atoms with E-state index in [1.165, 1.54) is 45.1 Å². The minimum atomic E-state index is 0.567. The molecule has 0 aliphatic heterocycles. The van der Waals surface area contributed by atoms with Crippen molar-refractivity contribution in [1.29, 1.82) is 0 Å². The standard InChI is InChI=1S/C13H27NO/c1-4-6-12(2)14-11-13(7-5-8-13)9-10-15-3/h12,14H,4-11H2,1-3H3. The van der Waals surface area contributed by atoms with Crippen LogP contribution < -0.4 is 5.32 Å². The second-order valence-corrected chi connectivity index (χ2v) is 5.17. The maximum absolute atomic E-state index is 5.20. The fourth-order valence-corrected chi connectivity index (χ4v) is 2.44. The Morgan fingerprint density at radius 2 is 2.13 bits per heavy atom. The quantitative estimate of drug-likeness (QED) is 0.669. The van der Waals surface area contributed by atoms with Crippen LogP contribution in [0.5, 0.6) is 0 Å². The SMILES string of the molecule is CCCC(C)NCC1(CCOC)CCC1. The number of hydrogen-bond acceptors (Lipinski definition) is 2. The highest BCUT2D eigenvalue weighted by Crippen LogP contribution is 2.43. The molecule has 1 atom stereocenters. The Morgan fingerprint density at radius 3 is 2.60 bits per heavy atom. The van der Waals surface area contributed by atoms with Crippen molar-refractivity contribution in [2.45, 2.75) is 58.4 Å². The van der Waals surface area contributed by atoms with E-state index in [9.17, 15) is 0 Å². The summed E-state index contributed by atoms with van der Waals surface area (Å²) in [4.78, 5) is 0. The highest BCUT2D eigenvalue weighted by atomic mass is 16.5. The molecular weight excluding hydrogens is 186 g/mol. The first-order valence-electron chi connectivity index (χ1n) is 6.45. The van der Waals surface area contributed by atoms with Gasteiger partial charge in [0.1, 0.15) is 0 Å². The number of rotatable bonds is 8. The van der Waals surface area contributed by atoms with Gasteiger partial charge in [-0.3, -0.25) is 0 Å². The van der Waals surface area contributed by atoms with Gasteiger partial charge in [0.15, 0.2) is 0 Å². The van der Waals surface area contributed by atoms with Gasteiger partial charge in [0, 0.05) is 26.3 Å². The first-order chi connectivity index (χ1) is 7.22. The normalized spacial score (nSPS) is 21.0. The van der Waals surface area contributed by atoms with E-state index < -0.39 is 0 Å². The lowest BCUT2D eigenvalue weighted by molar-refractivity contribution is 0.0666. The molecule has 0 aromatic rings. The van der Waals surface area contributed by atoms with Crippen molar-refractivity contribution in [3.05, 3.63) is 0 Å². The molecule has 1 unspecified atom stereocenters. The van der Waals surface area contributed by atoms with Crippen molar-refractivity contribution in [3.63, 3.8) is 0 Å². The fraction of sp³-hybridized carbons (Fsp3) is 1.00. The molecule has 0 bridgehead atoms. The van der Waals surface area contributed by atoms with Crippen LogP contribution in [0.4, 0.5) is 0 Å². The highest BCUT2D eigenvalue weighted by Gasteiger charge is 2.36. The third kappa shape index (κ3) is 4.12. The molecule has 1 aliphatic rings. The molecule has 2 heteroatoms. The van der Waals surface area contributed by atoms with Crippen LogP contribution >= 0.6 is 0 Å². The third-order valence-electron chi connectivity index (χ3n) is 3.80. The van der Waals surface area contributed by atoms with Crippen LogP contribution in [0.25, 0.3) is 0 Å². The largest absolute Gasteiger partial charge is 0.385 e. The Labute approximate surface area is 94.8 Å². The van der Waals surface area contributed by atoms with Gasteiger partial charge in [0.25, 0.3) is 0 Å². The highest BCUT2D eigenvalue weighted by molar-refractivity contribution is 4.90. The molecule has 0 radical (unpaired) electrons. The molecule has 1 rings (SSSR count). The summed E-state index contributed by atoms with van der Waals surface area (Å²) in [5, 5.41) is 3.68. The van der Waals surface area contributed by atoms with E-state index in [2.05, 4.69) is 19.2 Å². The van der Waals surface area contributed by atoms with Crippen LogP contribution in [0.1, 0.15) is 52.4 Å². The van der Waals surface area contributed by atoms with Crippen molar-refractivity contribution >= 4 is 0 Å². The molecule has 1 N–H and O–H groups in total. The Balaban J connectivity index is 2.21. The van der Waals surface area contributed by atoms with Gasteiger partial charge >= 0.3 is 0 Å². The molecule has 15 heavy (non-hydrogen) atoms. The molecular formula is C13H27NO. The molecule has 0 aromatic carbocycles. The number of methoxy groups -OCH3 is 1. The molecule has 0 heterocycles. The summed E-state index contributed by atoms with van der Waals surface area (Å²) in [6, 6.07) is 0.676. The van der Waals surface area contributed by atoms with E-state index in [0.29, 0.717) is 11.5 Å². The molecule has 1 aliphatic carbocycles. The van der Waals surface area contributed by atoms with E-state index in [1.54, 1.807) is 7.11 Å². The van der Waals surface area contributed by atoms with Gasteiger partial charge in [0.05, 0.1) is 0 Å². The lowest BCUT2D eigenvalue weighted by atomic mass is 9.66. The van der Waals surface area contributed by atoms with E-state index in [4.69, 9.17) is 4.74 Å². The van der Waals surface area contributed by atoms with Crippen LogP contribution in [-0.2, 0) is 4.74 Å². The van der Waals surface area contributed by atoms with Crippen LogP contribution in [0, 0.1) is 5.41 Å². The van der Waals surface area contributed by atoms with Crippen LogP contribution in [0.15, 0.2) is 0 Å². The number of nitrogens with one attached hydrogen (secondary N) is 1. The zero-order chi connectivity index (χ0) is 11.1. The van der Waals surface area contributed by atoms with Crippen molar-refractivity contribution in [2.24, 2.45) is 5.41 Å². The molecule has 0 spiro atoms. The third-order valence-corrected chi connectivity index (χ3v) is 3.80. The van der Waals surface area contributed by atoms with Crippen molar-refractivity contribution in [1.82, 2.24) is 5.32 Å². The van der Waals surface area contributed by atoms with Gasteiger partial charge in [0.2, 0.25) is 0 Å². The first-order valence-corrected chi connectivity index (χ1v) is 6.45. The fourth-order valence-electron chi connectivity index (χ4n) is 2.44. The molecule has 0 aromatic heterocycles.